The van der Waals surface area contributed by atoms with Crippen molar-refractivity contribution in [1.29, 1.82) is 0 Å². The van der Waals surface area contributed by atoms with Crippen molar-refractivity contribution < 1.29 is 9.53 Å². The molecule has 1 N–H and O–H groups in total. The molecule has 1 amide bonds. The van der Waals surface area contributed by atoms with Crippen molar-refractivity contribution in [3.8, 4) is 11.4 Å². The number of amides is 1. The van der Waals surface area contributed by atoms with Gasteiger partial charge >= 0.3 is 0 Å². The van der Waals surface area contributed by atoms with Crippen molar-refractivity contribution in [3.63, 3.8) is 0 Å². The van der Waals surface area contributed by atoms with E-state index < -0.39 is 0 Å². The van der Waals surface area contributed by atoms with Crippen LogP contribution in [0.1, 0.15) is 29.7 Å². The molecule has 0 aliphatic heterocycles. The molecule has 0 spiro atoms. The van der Waals surface area contributed by atoms with E-state index in [0.717, 1.165) is 33.3 Å². The number of hydrogen-bond donors (Lipinski definition) is 1. The van der Waals surface area contributed by atoms with Gasteiger partial charge in [-0.05, 0) is 38.5 Å². The number of ether oxygens (including phenoxy) is 1. The highest BCUT2D eigenvalue weighted by Crippen LogP contribution is 2.27. The molecule has 0 saturated carbocycles. The van der Waals surface area contributed by atoms with Crippen molar-refractivity contribution in [1.82, 2.24) is 14.9 Å². The van der Waals surface area contributed by atoms with Crippen LogP contribution in [0, 0.1) is 13.8 Å². The van der Waals surface area contributed by atoms with Crippen LogP contribution in [0.4, 0.5) is 0 Å². The van der Waals surface area contributed by atoms with Crippen molar-refractivity contribution >= 4 is 17.7 Å². The topological polar surface area (TPSA) is 56.1 Å². The number of methoxy groups -OCH3 is 1. The van der Waals surface area contributed by atoms with Crippen molar-refractivity contribution in [2.75, 3.05) is 12.9 Å². The summed E-state index contributed by atoms with van der Waals surface area (Å²) < 4.78 is 7.44. The maximum Gasteiger partial charge on any atom is 0.230 e. The number of nitrogens with zero attached hydrogens (tertiary/aromatic N) is 2. The highest BCUT2D eigenvalue weighted by molar-refractivity contribution is 7.99. The van der Waals surface area contributed by atoms with Crippen LogP contribution in [0.2, 0.25) is 0 Å². The lowest BCUT2D eigenvalue weighted by molar-refractivity contribution is -0.119. The predicted molar refractivity (Wildman–Crippen MR) is 113 cm³/mol. The highest BCUT2D eigenvalue weighted by Gasteiger charge is 2.16. The Morgan fingerprint density at radius 3 is 2.79 bits per heavy atom. The van der Waals surface area contributed by atoms with Crippen LogP contribution in [-0.2, 0) is 4.79 Å². The molecule has 0 fully saturated rings. The molecule has 6 heteroatoms. The zero-order valence-electron chi connectivity index (χ0n) is 16.6. The minimum atomic E-state index is -0.140. The van der Waals surface area contributed by atoms with Crippen LogP contribution >= 0.6 is 11.8 Å². The molecule has 0 aliphatic rings. The van der Waals surface area contributed by atoms with Gasteiger partial charge < -0.3 is 10.1 Å². The van der Waals surface area contributed by atoms with E-state index in [0.29, 0.717) is 5.75 Å². The van der Waals surface area contributed by atoms with Crippen LogP contribution in [-0.4, -0.2) is 28.3 Å². The number of imidazole rings is 1. The number of nitrogens with one attached hydrogen (secondary N) is 1. The highest BCUT2D eigenvalue weighted by atomic mass is 32.2. The van der Waals surface area contributed by atoms with Gasteiger partial charge in [0.05, 0.1) is 24.6 Å². The molecule has 3 aromatic rings. The summed E-state index contributed by atoms with van der Waals surface area (Å²) in [6.07, 6.45) is 3.68. The van der Waals surface area contributed by atoms with Crippen LogP contribution in [0.5, 0.6) is 5.75 Å². The SMILES string of the molecule is COc1ccc(C)cc1[C@@H](C)NC(=O)CSc1nccn1-c1ccccc1C. The quantitative estimate of drug-likeness (QED) is 0.600. The third-order valence-electron chi connectivity index (χ3n) is 4.54. The van der Waals surface area contributed by atoms with Crippen molar-refractivity contribution in [2.45, 2.75) is 32.0 Å². The first-order valence-electron chi connectivity index (χ1n) is 9.15. The Balaban J connectivity index is 1.65. The van der Waals surface area contributed by atoms with Crippen LogP contribution < -0.4 is 10.1 Å². The van der Waals surface area contributed by atoms with Gasteiger partial charge in [0.2, 0.25) is 5.91 Å². The molecule has 0 radical (unpaired) electrons. The second-order valence-corrected chi connectivity index (χ2v) is 7.63. The monoisotopic (exact) mass is 395 g/mol. The van der Waals surface area contributed by atoms with Crippen LogP contribution in [0.25, 0.3) is 5.69 Å². The smallest absolute Gasteiger partial charge is 0.230 e. The number of aryl methyl sites for hydroxylation is 2. The zero-order chi connectivity index (χ0) is 20.1. The van der Waals surface area contributed by atoms with Gasteiger partial charge in [0, 0.05) is 18.0 Å². The Kier molecular flexibility index (Phi) is 6.41. The molecular formula is C22H25N3O2S. The van der Waals surface area contributed by atoms with E-state index in [1.807, 2.05) is 61.0 Å². The maximum atomic E-state index is 12.5. The van der Waals surface area contributed by atoms with E-state index in [4.69, 9.17) is 4.74 Å². The second-order valence-electron chi connectivity index (χ2n) is 6.69. The molecule has 0 unspecified atom stereocenters. The minimum absolute atomic E-state index is 0.0413. The summed E-state index contributed by atoms with van der Waals surface area (Å²) in [4.78, 5) is 16.9. The van der Waals surface area contributed by atoms with E-state index in [-0.39, 0.29) is 11.9 Å². The molecule has 0 saturated heterocycles. The first-order chi connectivity index (χ1) is 13.5. The molecule has 3 rings (SSSR count). The van der Waals surface area contributed by atoms with Gasteiger partial charge in [-0.1, -0.05) is 47.7 Å². The van der Waals surface area contributed by atoms with E-state index in [1.165, 1.54) is 11.8 Å². The Morgan fingerprint density at radius 1 is 1.25 bits per heavy atom. The Morgan fingerprint density at radius 2 is 2.04 bits per heavy atom. The number of thioether (sulfide) groups is 1. The molecule has 28 heavy (non-hydrogen) atoms. The molecular weight excluding hydrogens is 370 g/mol. The normalized spacial score (nSPS) is 11.9. The molecule has 146 valence electrons. The lowest BCUT2D eigenvalue weighted by Crippen LogP contribution is -2.28. The van der Waals surface area contributed by atoms with Crippen LogP contribution in [0.3, 0.4) is 0 Å². The maximum absolute atomic E-state index is 12.5. The summed E-state index contributed by atoms with van der Waals surface area (Å²) in [7, 11) is 1.64. The van der Waals surface area contributed by atoms with Gasteiger partial charge in [-0.3, -0.25) is 9.36 Å². The molecule has 1 atom stereocenters. The number of benzene rings is 2. The molecule has 0 bridgehead atoms. The third-order valence-corrected chi connectivity index (χ3v) is 5.51. The second kappa shape index (κ2) is 8.97. The third kappa shape index (κ3) is 4.57. The van der Waals surface area contributed by atoms with Crippen LogP contribution in [0.15, 0.2) is 60.0 Å². The van der Waals surface area contributed by atoms with Gasteiger partial charge in [-0.25, -0.2) is 4.98 Å². The van der Waals surface area contributed by atoms with Gasteiger partial charge in [0.15, 0.2) is 5.16 Å². The van der Waals surface area contributed by atoms with E-state index in [1.54, 1.807) is 13.3 Å². The zero-order valence-corrected chi connectivity index (χ0v) is 17.4. The fraction of sp³-hybridized carbons (Fsp3) is 0.273. The number of para-hydroxylation sites is 1. The Hall–Kier alpha value is -2.73. The summed E-state index contributed by atoms with van der Waals surface area (Å²) >= 11 is 1.42. The van der Waals surface area contributed by atoms with E-state index in [2.05, 4.69) is 23.3 Å². The molecule has 2 aromatic carbocycles. The number of carbonyl (C=O) groups excluding carboxylic acids is 1. The standard InChI is InChI=1S/C22H25N3O2S/c1-15-9-10-20(27-4)18(13-15)17(3)24-21(26)14-28-22-23-11-12-25(22)19-8-6-5-7-16(19)2/h5-13,17H,14H2,1-4H3,(H,24,26)/t17-/m1/s1. The Labute approximate surface area is 170 Å². The van der Waals surface area contributed by atoms with Crippen molar-refractivity contribution in [3.05, 3.63) is 71.5 Å². The number of hydrogen-bond acceptors (Lipinski definition) is 4. The average Bonchev–Trinajstić information content (AvgIpc) is 3.15. The van der Waals surface area contributed by atoms with E-state index in [9.17, 15) is 4.79 Å². The van der Waals surface area contributed by atoms with Gasteiger partial charge in [-0.2, -0.15) is 0 Å². The predicted octanol–water partition coefficient (Wildman–Crippen LogP) is 4.47. The number of rotatable bonds is 7. The van der Waals surface area contributed by atoms with Crippen molar-refractivity contribution in [2.24, 2.45) is 0 Å². The summed E-state index contributed by atoms with van der Waals surface area (Å²) in [5, 5.41) is 3.85. The lowest BCUT2D eigenvalue weighted by atomic mass is 10.0. The Bertz CT molecular complexity index is 968. The fourth-order valence-corrected chi connectivity index (χ4v) is 3.87. The molecule has 1 heterocycles. The largest absolute Gasteiger partial charge is 0.496 e. The summed E-state index contributed by atoms with van der Waals surface area (Å²) in [6, 6.07) is 14.0. The first kappa shape index (κ1) is 20.0. The minimum Gasteiger partial charge on any atom is -0.496 e. The lowest BCUT2D eigenvalue weighted by Gasteiger charge is -2.18. The number of aromatic nitrogens is 2. The molecule has 1 aromatic heterocycles. The number of carbonyl (C=O) groups is 1. The van der Waals surface area contributed by atoms with Gasteiger partial charge in [0.25, 0.3) is 0 Å². The van der Waals surface area contributed by atoms with Gasteiger partial charge in [0.1, 0.15) is 5.75 Å². The fourth-order valence-electron chi connectivity index (χ4n) is 3.10. The first-order valence-corrected chi connectivity index (χ1v) is 10.1. The summed E-state index contributed by atoms with van der Waals surface area (Å²) in [5.41, 5.74) is 4.33. The summed E-state index contributed by atoms with van der Waals surface area (Å²) in [5.74, 6) is 1.03. The molecule has 5 nitrogen and oxygen atoms in total. The van der Waals surface area contributed by atoms with E-state index >= 15 is 0 Å². The average molecular weight is 396 g/mol. The summed E-state index contributed by atoms with van der Waals surface area (Å²) in [6.45, 7) is 6.06. The molecule has 0 aliphatic carbocycles. The van der Waals surface area contributed by atoms with Gasteiger partial charge in [-0.15, -0.1) is 0 Å².